The number of H-pyrrole nitrogens is 1. The predicted octanol–water partition coefficient (Wildman–Crippen LogP) is -0.818. The van der Waals surface area contributed by atoms with Gasteiger partial charge in [-0.1, -0.05) is 0 Å². The molecule has 1 saturated heterocycles. The van der Waals surface area contributed by atoms with Gasteiger partial charge in [0.15, 0.2) is 5.82 Å². The summed E-state index contributed by atoms with van der Waals surface area (Å²) in [5.74, 6) is 1.61. The number of likely N-dealkylation sites (N-methyl/N-ethyl adjacent to an activating group) is 2. The van der Waals surface area contributed by atoms with Gasteiger partial charge < -0.3 is 10.6 Å². The molecule has 1 aliphatic rings. The monoisotopic (exact) mass is 210 g/mol. The maximum atomic E-state index is 5.50. The van der Waals surface area contributed by atoms with Gasteiger partial charge in [-0.25, -0.2) is 4.98 Å². The molecule has 84 valence electrons. The first-order valence-corrected chi connectivity index (χ1v) is 5.20. The van der Waals surface area contributed by atoms with E-state index in [0.717, 1.165) is 31.3 Å². The minimum absolute atomic E-state index is 0.278. The molecule has 1 fully saturated rings. The summed E-state index contributed by atoms with van der Waals surface area (Å²) in [5, 5.41) is 7.07. The number of piperazine rings is 1. The first kappa shape index (κ1) is 10.5. The molecular weight excluding hydrogens is 192 g/mol. The molecule has 2 heterocycles. The molecule has 6 nitrogen and oxygen atoms in total. The van der Waals surface area contributed by atoms with Gasteiger partial charge in [-0.15, -0.1) is 0 Å². The van der Waals surface area contributed by atoms with Crippen LogP contribution in [-0.2, 0) is 6.54 Å². The molecule has 0 radical (unpaired) electrons. The third kappa shape index (κ3) is 2.17. The van der Waals surface area contributed by atoms with Crippen LogP contribution in [0.3, 0.4) is 0 Å². The molecule has 1 unspecified atom stereocenters. The molecule has 6 heteroatoms. The zero-order chi connectivity index (χ0) is 10.8. The van der Waals surface area contributed by atoms with Crippen LogP contribution in [0.4, 0.5) is 0 Å². The molecule has 0 aromatic carbocycles. The van der Waals surface area contributed by atoms with Crippen molar-refractivity contribution < 1.29 is 0 Å². The van der Waals surface area contributed by atoms with E-state index >= 15 is 0 Å². The van der Waals surface area contributed by atoms with Crippen molar-refractivity contribution in [2.75, 3.05) is 33.7 Å². The van der Waals surface area contributed by atoms with E-state index in [1.165, 1.54) is 0 Å². The molecule has 2 rings (SSSR count). The van der Waals surface area contributed by atoms with Gasteiger partial charge in [-0.3, -0.25) is 10.00 Å². The van der Waals surface area contributed by atoms with E-state index in [2.05, 4.69) is 39.1 Å². The van der Waals surface area contributed by atoms with E-state index in [9.17, 15) is 0 Å². The van der Waals surface area contributed by atoms with Gasteiger partial charge in [-0.2, -0.15) is 5.10 Å². The average molecular weight is 210 g/mol. The third-order valence-electron chi connectivity index (χ3n) is 2.89. The number of hydrogen-bond donors (Lipinski definition) is 2. The summed E-state index contributed by atoms with van der Waals surface area (Å²) in [5.41, 5.74) is 5.50. The minimum Gasteiger partial charge on any atom is -0.324 e. The second-order valence-electron chi connectivity index (χ2n) is 4.10. The number of rotatable bonds is 2. The van der Waals surface area contributed by atoms with Crippen molar-refractivity contribution in [1.29, 1.82) is 0 Å². The van der Waals surface area contributed by atoms with Crippen LogP contribution in [0.25, 0.3) is 0 Å². The lowest BCUT2D eigenvalue weighted by Crippen LogP contribution is -2.45. The van der Waals surface area contributed by atoms with E-state index in [1.54, 1.807) is 0 Å². The lowest BCUT2D eigenvalue weighted by Gasteiger charge is -2.35. The van der Waals surface area contributed by atoms with Gasteiger partial charge >= 0.3 is 0 Å². The molecular formula is C9H18N6. The standard InChI is InChI=1S/C9H18N6/c1-14-3-4-15(2)7(6-14)9-11-8(5-10)12-13-9/h7H,3-6,10H2,1-2H3,(H,11,12,13). The summed E-state index contributed by atoms with van der Waals surface area (Å²) in [7, 11) is 4.23. The number of nitrogens with zero attached hydrogens (tertiary/aromatic N) is 4. The van der Waals surface area contributed by atoms with Crippen molar-refractivity contribution in [3.05, 3.63) is 11.6 Å². The van der Waals surface area contributed by atoms with Crippen molar-refractivity contribution in [3.63, 3.8) is 0 Å². The summed E-state index contributed by atoms with van der Waals surface area (Å²) in [4.78, 5) is 8.95. The average Bonchev–Trinajstić information content (AvgIpc) is 2.70. The number of aromatic nitrogens is 3. The Balaban J connectivity index is 2.13. The molecule has 0 bridgehead atoms. The Morgan fingerprint density at radius 1 is 1.47 bits per heavy atom. The lowest BCUT2D eigenvalue weighted by atomic mass is 10.2. The predicted molar refractivity (Wildman–Crippen MR) is 57.1 cm³/mol. The summed E-state index contributed by atoms with van der Waals surface area (Å²) in [6, 6.07) is 0.278. The second-order valence-corrected chi connectivity index (χ2v) is 4.10. The maximum absolute atomic E-state index is 5.50. The van der Waals surface area contributed by atoms with Crippen molar-refractivity contribution in [2.24, 2.45) is 5.73 Å². The Labute approximate surface area is 89.5 Å². The molecule has 1 atom stereocenters. The Morgan fingerprint density at radius 3 is 2.93 bits per heavy atom. The molecule has 0 aliphatic carbocycles. The SMILES string of the molecule is CN1CCN(C)C(c2n[nH]c(CN)n2)C1. The zero-order valence-corrected chi connectivity index (χ0v) is 9.27. The van der Waals surface area contributed by atoms with Gasteiger partial charge in [0.1, 0.15) is 5.82 Å². The van der Waals surface area contributed by atoms with Gasteiger partial charge in [-0.05, 0) is 14.1 Å². The zero-order valence-electron chi connectivity index (χ0n) is 9.27. The Kier molecular flexibility index (Phi) is 2.99. The van der Waals surface area contributed by atoms with Crippen LogP contribution in [0.1, 0.15) is 17.7 Å². The molecule has 1 aliphatic heterocycles. The largest absolute Gasteiger partial charge is 0.324 e. The van der Waals surface area contributed by atoms with Gasteiger partial charge in [0.2, 0.25) is 0 Å². The van der Waals surface area contributed by atoms with Crippen molar-refractivity contribution in [3.8, 4) is 0 Å². The fraction of sp³-hybridized carbons (Fsp3) is 0.778. The highest BCUT2D eigenvalue weighted by Gasteiger charge is 2.26. The quantitative estimate of drug-likeness (QED) is 0.667. The Bertz CT molecular complexity index is 322. The van der Waals surface area contributed by atoms with E-state index in [-0.39, 0.29) is 6.04 Å². The van der Waals surface area contributed by atoms with Gasteiger partial charge in [0, 0.05) is 19.6 Å². The summed E-state index contributed by atoms with van der Waals surface area (Å²) < 4.78 is 0. The third-order valence-corrected chi connectivity index (χ3v) is 2.89. The van der Waals surface area contributed by atoms with Crippen molar-refractivity contribution in [2.45, 2.75) is 12.6 Å². The lowest BCUT2D eigenvalue weighted by molar-refractivity contribution is 0.110. The summed E-state index contributed by atoms with van der Waals surface area (Å²) >= 11 is 0. The smallest absolute Gasteiger partial charge is 0.169 e. The molecule has 1 aromatic heterocycles. The molecule has 0 amide bonds. The van der Waals surface area contributed by atoms with Crippen molar-refractivity contribution >= 4 is 0 Å². The fourth-order valence-corrected chi connectivity index (χ4v) is 1.84. The highest BCUT2D eigenvalue weighted by atomic mass is 15.3. The molecule has 0 saturated carbocycles. The first-order valence-electron chi connectivity index (χ1n) is 5.20. The van der Waals surface area contributed by atoms with Crippen LogP contribution in [0.2, 0.25) is 0 Å². The number of nitrogens with one attached hydrogen (secondary N) is 1. The summed E-state index contributed by atoms with van der Waals surface area (Å²) in [6.45, 7) is 3.53. The van der Waals surface area contributed by atoms with Crippen molar-refractivity contribution in [1.82, 2.24) is 25.0 Å². The van der Waals surface area contributed by atoms with Gasteiger partial charge in [0.25, 0.3) is 0 Å². The second kappa shape index (κ2) is 4.26. The maximum Gasteiger partial charge on any atom is 0.169 e. The molecule has 3 N–H and O–H groups in total. The highest BCUT2D eigenvalue weighted by Crippen LogP contribution is 2.19. The van der Waals surface area contributed by atoms with Crippen LogP contribution in [0.5, 0.6) is 0 Å². The Hall–Kier alpha value is -0.980. The summed E-state index contributed by atoms with van der Waals surface area (Å²) in [6.07, 6.45) is 0. The fourth-order valence-electron chi connectivity index (χ4n) is 1.84. The first-order chi connectivity index (χ1) is 7.20. The number of aromatic amines is 1. The van der Waals surface area contributed by atoms with E-state index in [1.807, 2.05) is 0 Å². The highest BCUT2D eigenvalue weighted by molar-refractivity contribution is 4.99. The number of nitrogens with two attached hydrogens (primary N) is 1. The Morgan fingerprint density at radius 2 is 2.27 bits per heavy atom. The number of hydrogen-bond acceptors (Lipinski definition) is 5. The van der Waals surface area contributed by atoms with Gasteiger partial charge in [0.05, 0.1) is 12.6 Å². The van der Waals surface area contributed by atoms with Crippen LogP contribution in [0.15, 0.2) is 0 Å². The minimum atomic E-state index is 0.278. The topological polar surface area (TPSA) is 74.1 Å². The molecule has 0 spiro atoms. The van der Waals surface area contributed by atoms with Crippen LogP contribution < -0.4 is 5.73 Å². The van der Waals surface area contributed by atoms with Crippen LogP contribution >= 0.6 is 0 Å². The van der Waals surface area contributed by atoms with E-state index in [0.29, 0.717) is 6.54 Å². The van der Waals surface area contributed by atoms with Crippen LogP contribution in [-0.4, -0.2) is 58.7 Å². The molecule has 1 aromatic rings. The van der Waals surface area contributed by atoms with Crippen LogP contribution in [0, 0.1) is 0 Å². The van der Waals surface area contributed by atoms with E-state index in [4.69, 9.17) is 5.73 Å². The van der Waals surface area contributed by atoms with E-state index < -0.39 is 0 Å². The normalized spacial score (nSPS) is 24.6. The molecule has 15 heavy (non-hydrogen) atoms.